The van der Waals surface area contributed by atoms with E-state index in [1.54, 1.807) is 48.6 Å². The lowest BCUT2D eigenvalue weighted by Crippen LogP contribution is -2.37. The summed E-state index contributed by atoms with van der Waals surface area (Å²) in [6.07, 6.45) is 10.00. The number of aliphatic hydroxyl groups is 1. The molecule has 19 nitrogen and oxygen atoms in total. The number of rotatable bonds is 21. The molecule has 0 saturated heterocycles. The van der Waals surface area contributed by atoms with Crippen molar-refractivity contribution in [2.45, 2.75) is 63.1 Å². The topological polar surface area (TPSA) is 276 Å². The Labute approximate surface area is 387 Å². The minimum absolute atomic E-state index is 0.0256. The highest BCUT2D eigenvalue weighted by molar-refractivity contribution is 7.86. The maximum absolute atomic E-state index is 13.4. The Morgan fingerprint density at radius 3 is 2.29 bits per heavy atom. The number of aliphatic imine (C=N–C) groups is 1. The zero-order chi connectivity index (χ0) is 48.8. The van der Waals surface area contributed by atoms with Gasteiger partial charge in [-0.1, -0.05) is 55.3 Å². The molecule has 0 bridgehead atoms. The molecule has 2 aromatic carbocycles. The summed E-state index contributed by atoms with van der Waals surface area (Å²) in [7, 11) is -6.23. The summed E-state index contributed by atoms with van der Waals surface area (Å²) in [4.78, 5) is 49.8. The van der Waals surface area contributed by atoms with Gasteiger partial charge in [-0.25, -0.2) is 5.06 Å². The van der Waals surface area contributed by atoms with Gasteiger partial charge in [0.25, 0.3) is 38.0 Å². The SMILES string of the molecule is CON(C)C(=O)C(=CNCCCS(=O)[O-])C=C1C(C)N=C(C=CC=C2N(CCCS(=O)(=O)O)c3ccc(S(=O)(=O)O)cc3C2(C)c2ccc(C(O)NCCN3C(=O)C=CC3=O)cc2)C1(C)C. The molecular weight excluding hydrogens is 917 g/mol. The van der Waals surface area contributed by atoms with Crippen molar-refractivity contribution in [3.05, 3.63) is 119 Å². The van der Waals surface area contributed by atoms with E-state index in [0.717, 1.165) is 15.5 Å². The van der Waals surface area contributed by atoms with Crippen molar-refractivity contribution < 1.29 is 59.0 Å². The molecule has 2 aromatic rings. The average molecular weight is 972 g/mol. The number of amides is 3. The molecule has 3 aliphatic rings. The van der Waals surface area contributed by atoms with Crippen molar-refractivity contribution in [2.24, 2.45) is 10.4 Å². The first-order valence-corrected chi connectivity index (χ1v) is 25.1. The molecule has 3 amide bonds. The van der Waals surface area contributed by atoms with Crippen LogP contribution >= 0.6 is 0 Å². The molecule has 358 valence electrons. The lowest BCUT2D eigenvalue weighted by Gasteiger charge is -2.31. The highest BCUT2D eigenvalue weighted by Gasteiger charge is 2.46. The maximum Gasteiger partial charge on any atom is 0.294 e. The van der Waals surface area contributed by atoms with Crippen molar-refractivity contribution in [1.82, 2.24) is 20.6 Å². The monoisotopic (exact) mass is 971 g/mol. The third-order valence-corrected chi connectivity index (χ3v) is 14.0. The van der Waals surface area contributed by atoms with Crippen LogP contribution in [0.25, 0.3) is 0 Å². The second-order valence-corrected chi connectivity index (χ2v) is 20.4. The molecule has 0 spiro atoms. The minimum atomic E-state index is -4.69. The van der Waals surface area contributed by atoms with Crippen LogP contribution in [0.4, 0.5) is 5.69 Å². The number of nitrogens with zero attached hydrogens (tertiary/aromatic N) is 4. The van der Waals surface area contributed by atoms with Gasteiger partial charge in [-0.2, -0.15) is 16.8 Å². The smallest absolute Gasteiger partial charge is 0.294 e. The van der Waals surface area contributed by atoms with E-state index in [1.165, 1.54) is 50.7 Å². The predicted octanol–water partition coefficient (Wildman–Crippen LogP) is 2.84. The van der Waals surface area contributed by atoms with E-state index in [2.05, 4.69) is 10.6 Å². The number of likely N-dealkylation sites (N-methyl/N-ethyl adjacent to an activating group) is 1. The molecule has 0 aromatic heterocycles. The summed E-state index contributed by atoms with van der Waals surface area (Å²) in [5.74, 6) is -1.97. The molecular formula is C44H55N6O13S3-. The fourth-order valence-corrected chi connectivity index (χ4v) is 9.48. The minimum Gasteiger partial charge on any atom is -0.772 e. The van der Waals surface area contributed by atoms with Crippen molar-refractivity contribution >= 4 is 60.4 Å². The largest absolute Gasteiger partial charge is 0.772 e. The standard InChI is InChI=1S/C44H56N6O13S3/c1-29-34(26-31(42(54)48(5)63-6)28-45-20-8-24-64(55)56)43(2,3)37(47-29)10-7-11-38-44(4,32-14-12-30(13-15-32)41(53)46-21-23-50-39(51)18-19-40(50)52)35-27-33(66(60,61)62)16-17-36(35)49(38)22-9-25-65(57,58)59/h7,10-19,26-29,41,45-46,53H,8-9,20-25H2,1-6H3,(H,55,56)(H,57,58,59)(H,60,61,62)/p-1. The molecule has 0 aliphatic carbocycles. The van der Waals surface area contributed by atoms with Crippen molar-refractivity contribution in [3.63, 3.8) is 0 Å². The van der Waals surface area contributed by atoms with Gasteiger partial charge >= 0.3 is 0 Å². The number of carbonyl (C=O) groups excluding carboxylic acids is 3. The molecule has 3 aliphatic heterocycles. The molecule has 22 heteroatoms. The summed E-state index contributed by atoms with van der Waals surface area (Å²) in [6, 6.07) is 10.5. The second-order valence-electron chi connectivity index (χ2n) is 16.4. The van der Waals surface area contributed by atoms with E-state index in [9.17, 15) is 54.2 Å². The third kappa shape index (κ3) is 12.0. The first-order chi connectivity index (χ1) is 30.9. The van der Waals surface area contributed by atoms with Gasteiger partial charge in [-0.05, 0) is 85.4 Å². The molecule has 5 N–H and O–H groups in total. The van der Waals surface area contributed by atoms with Gasteiger partial charge < -0.3 is 19.9 Å². The summed E-state index contributed by atoms with van der Waals surface area (Å²) in [5.41, 5.74) is 2.30. The zero-order valence-corrected chi connectivity index (χ0v) is 39.8. The second kappa shape index (κ2) is 21.2. The first kappa shape index (κ1) is 51.8. The van der Waals surface area contributed by atoms with Crippen LogP contribution in [0.3, 0.4) is 0 Å². The Balaban J connectivity index is 1.54. The highest BCUT2D eigenvalue weighted by Crippen LogP contribution is 2.52. The summed E-state index contributed by atoms with van der Waals surface area (Å²) < 4.78 is 90.5. The van der Waals surface area contributed by atoms with E-state index >= 15 is 0 Å². The third-order valence-electron chi connectivity index (χ3n) is 11.7. The van der Waals surface area contributed by atoms with E-state index in [1.807, 2.05) is 32.6 Å². The molecule has 66 heavy (non-hydrogen) atoms. The Bertz CT molecular complexity index is 2620. The Morgan fingerprint density at radius 1 is 1.02 bits per heavy atom. The fraction of sp³-hybridized carbons (Fsp3) is 0.409. The highest BCUT2D eigenvalue weighted by atomic mass is 32.2. The van der Waals surface area contributed by atoms with Crippen LogP contribution in [0.2, 0.25) is 0 Å². The number of aliphatic hydroxyl groups excluding tert-OH is 1. The van der Waals surface area contributed by atoms with E-state index in [4.69, 9.17) is 9.83 Å². The average Bonchev–Trinajstić information content (AvgIpc) is 3.78. The number of nitrogens with one attached hydrogen (secondary N) is 2. The van der Waals surface area contributed by atoms with Crippen LogP contribution in [-0.4, -0.2) is 131 Å². The summed E-state index contributed by atoms with van der Waals surface area (Å²) in [6.45, 7) is 8.07. The summed E-state index contributed by atoms with van der Waals surface area (Å²) in [5, 5.41) is 18.0. The predicted molar refractivity (Wildman–Crippen MR) is 247 cm³/mol. The number of benzene rings is 2. The van der Waals surface area contributed by atoms with Crippen molar-refractivity contribution in [3.8, 4) is 0 Å². The van der Waals surface area contributed by atoms with Gasteiger partial charge in [0.1, 0.15) is 6.23 Å². The Hall–Kier alpha value is -5.17. The fourth-order valence-electron chi connectivity index (χ4n) is 8.10. The molecule has 0 radical (unpaired) electrons. The van der Waals surface area contributed by atoms with Gasteiger partial charge in [0.05, 0.1) is 34.8 Å². The quantitative estimate of drug-likeness (QED) is 0.0229. The van der Waals surface area contributed by atoms with Crippen LogP contribution in [0.15, 0.2) is 112 Å². The van der Waals surface area contributed by atoms with Gasteiger partial charge in [0.2, 0.25) is 0 Å². The van der Waals surface area contributed by atoms with Gasteiger partial charge in [0, 0.05) is 79.8 Å². The molecule has 4 unspecified atom stereocenters. The zero-order valence-electron chi connectivity index (χ0n) is 37.3. The van der Waals surface area contributed by atoms with Gasteiger partial charge in [-0.3, -0.25) is 47.7 Å². The van der Waals surface area contributed by atoms with Crippen molar-refractivity contribution in [1.29, 1.82) is 0 Å². The van der Waals surface area contributed by atoms with Crippen LogP contribution < -0.4 is 15.5 Å². The molecule has 5 rings (SSSR count). The molecule has 0 fully saturated rings. The number of anilines is 1. The van der Waals surface area contributed by atoms with Crippen molar-refractivity contribution in [2.75, 3.05) is 56.7 Å². The first-order valence-electron chi connectivity index (χ1n) is 20.8. The van der Waals surface area contributed by atoms with Gasteiger partial charge in [0.15, 0.2) is 0 Å². The number of carbonyl (C=O) groups is 3. The molecule has 0 saturated carbocycles. The van der Waals surface area contributed by atoms with E-state index in [0.29, 0.717) is 46.8 Å². The van der Waals surface area contributed by atoms with Crippen LogP contribution in [0.5, 0.6) is 0 Å². The number of fused-ring (bicyclic) bond motifs is 1. The van der Waals surface area contributed by atoms with Crippen LogP contribution in [0.1, 0.15) is 63.5 Å². The molecule has 4 atom stereocenters. The normalized spacial score (nSPS) is 21.9. The Morgan fingerprint density at radius 2 is 1.68 bits per heavy atom. The number of hydroxylamine groups is 2. The lowest BCUT2D eigenvalue weighted by molar-refractivity contribution is -0.163. The Kier molecular flexibility index (Phi) is 16.6. The number of imide groups is 1. The number of hydrogen-bond acceptors (Lipinski definition) is 15. The number of allylic oxidation sites excluding steroid dienone is 4. The van der Waals surface area contributed by atoms with E-state index < -0.39 is 71.8 Å². The van der Waals surface area contributed by atoms with Crippen LogP contribution in [-0.2, 0) is 56.0 Å². The van der Waals surface area contributed by atoms with E-state index in [-0.39, 0.29) is 48.3 Å². The lowest BCUT2D eigenvalue weighted by atomic mass is 9.75. The molecule has 3 heterocycles. The summed E-state index contributed by atoms with van der Waals surface area (Å²) >= 11 is -2.20. The van der Waals surface area contributed by atoms with Gasteiger partial charge in [-0.15, -0.1) is 0 Å². The maximum atomic E-state index is 13.4. The number of hydrogen-bond donors (Lipinski definition) is 5. The van der Waals surface area contributed by atoms with Crippen LogP contribution in [0, 0.1) is 5.41 Å².